The fourth-order valence-electron chi connectivity index (χ4n) is 2.16. The Morgan fingerprint density at radius 1 is 0.958 bits per heavy atom. The van der Waals surface area contributed by atoms with Gasteiger partial charge in [0.25, 0.3) is 0 Å². The summed E-state index contributed by atoms with van der Waals surface area (Å²) in [6, 6.07) is 21.8. The number of rotatable bonds is 2. The summed E-state index contributed by atoms with van der Waals surface area (Å²) in [6.07, 6.45) is 7.10. The molecule has 1 radical (unpaired) electrons. The normalized spacial score (nSPS) is 12.4. The molecule has 0 spiro atoms. The number of hydrogen-bond donors (Lipinski definition) is 0. The largest absolute Gasteiger partial charge is 0.373 e. The van der Waals surface area contributed by atoms with Crippen molar-refractivity contribution >= 4 is 12.4 Å². The molecule has 4 rings (SSSR count). The van der Waals surface area contributed by atoms with Crippen LogP contribution in [-0.2, 0) is 27.2 Å². The van der Waals surface area contributed by atoms with Crippen LogP contribution in [0.5, 0.6) is 0 Å². The molecule has 123 valence electrons. The van der Waals surface area contributed by atoms with Crippen molar-refractivity contribution in [1.29, 1.82) is 0 Å². The third-order valence-corrected chi connectivity index (χ3v) is 3.30. The minimum absolute atomic E-state index is 0. The molecule has 1 aliphatic heterocycles. The summed E-state index contributed by atoms with van der Waals surface area (Å²) in [5.74, 6) is 0.954. The van der Waals surface area contributed by atoms with E-state index < -0.39 is 0 Å². The molecule has 0 unspecified atom stereocenters. The number of aromatic nitrogens is 2. The van der Waals surface area contributed by atoms with E-state index in [1.165, 1.54) is 0 Å². The van der Waals surface area contributed by atoms with Crippen molar-refractivity contribution < 1.29 is 20.1 Å². The topological polar surface area (TPSA) is 42.5 Å². The minimum Gasteiger partial charge on any atom is -0.373 e. The maximum absolute atomic E-state index is 4.22. The van der Waals surface area contributed by atoms with Crippen molar-refractivity contribution in [3.8, 4) is 11.4 Å². The first kappa shape index (κ1) is 18.0. The molecular weight excluding hydrogens is 476 g/mol. The van der Waals surface area contributed by atoms with Gasteiger partial charge in [0.05, 0.1) is 5.82 Å². The Bertz CT molecular complexity index is 783. The van der Waals surface area contributed by atoms with Gasteiger partial charge in [0.1, 0.15) is 6.17 Å². The Hall–Kier alpha value is -2.36. The molecule has 24 heavy (non-hydrogen) atoms. The summed E-state index contributed by atoms with van der Waals surface area (Å²) in [6.45, 7) is 0. The van der Waals surface area contributed by atoms with Crippen LogP contribution in [0.25, 0.3) is 11.4 Å². The average Bonchev–Trinajstić information content (AvgIpc) is 3.29. The van der Waals surface area contributed by atoms with Crippen molar-refractivity contribution in [2.45, 2.75) is 6.17 Å². The molecule has 0 atom stereocenters. The predicted octanol–water partition coefficient (Wildman–Crippen LogP) is 3.53. The van der Waals surface area contributed by atoms with E-state index in [2.05, 4.69) is 27.1 Å². The van der Waals surface area contributed by atoms with Crippen LogP contribution in [0.1, 0.15) is 11.7 Å². The molecule has 3 aromatic rings. The third kappa shape index (κ3) is 4.57. The first-order valence-corrected chi connectivity index (χ1v) is 7.30. The van der Waals surface area contributed by atoms with E-state index in [1.54, 1.807) is 18.6 Å². The molecule has 4 nitrogen and oxygen atoms in total. The number of benzene rings is 2. The zero-order chi connectivity index (χ0) is 15.9. The van der Waals surface area contributed by atoms with Crippen molar-refractivity contribution in [1.82, 2.24) is 9.55 Å². The number of aryl methyl sites for hydroxylation is 1. The van der Waals surface area contributed by atoms with Crippen LogP contribution in [0.15, 0.2) is 70.9 Å². The summed E-state index contributed by atoms with van der Waals surface area (Å²) < 4.78 is 1.98. The summed E-state index contributed by atoms with van der Waals surface area (Å²) in [5, 5.41) is 0. The van der Waals surface area contributed by atoms with E-state index >= 15 is 0 Å². The van der Waals surface area contributed by atoms with Gasteiger partial charge in [-0.3, -0.25) is 15.0 Å². The monoisotopic (exact) mass is 493 g/mol. The molecule has 2 aromatic carbocycles. The smallest absolute Gasteiger partial charge is 0.142 e. The molecule has 1 aliphatic rings. The second kappa shape index (κ2) is 9.06. The predicted molar refractivity (Wildman–Crippen MR) is 92.5 cm³/mol. The minimum atomic E-state index is -0.0452. The van der Waals surface area contributed by atoms with E-state index in [9.17, 15) is 0 Å². The maximum Gasteiger partial charge on any atom is 0.142 e. The van der Waals surface area contributed by atoms with E-state index in [0.717, 1.165) is 17.0 Å². The van der Waals surface area contributed by atoms with E-state index in [1.807, 2.05) is 66.3 Å². The second-order valence-corrected chi connectivity index (χ2v) is 4.93. The molecule has 0 saturated heterocycles. The van der Waals surface area contributed by atoms with Gasteiger partial charge in [0.15, 0.2) is 0 Å². The van der Waals surface area contributed by atoms with E-state index in [-0.39, 0.29) is 26.3 Å². The first-order valence-electron chi connectivity index (χ1n) is 7.30. The maximum atomic E-state index is 4.22. The van der Waals surface area contributed by atoms with Gasteiger partial charge in [-0.05, 0) is 0 Å². The fraction of sp³-hybridized carbons (Fsp3) is 0.105. The number of nitrogens with zero attached hydrogens (tertiary/aromatic N) is 4. The van der Waals surface area contributed by atoms with Gasteiger partial charge in [0, 0.05) is 52.0 Å². The van der Waals surface area contributed by atoms with Crippen molar-refractivity contribution in [2.75, 3.05) is 0 Å². The van der Waals surface area contributed by atoms with Crippen molar-refractivity contribution in [3.05, 3.63) is 78.6 Å². The van der Waals surface area contributed by atoms with Gasteiger partial charge in [-0.2, -0.15) is 30.3 Å². The van der Waals surface area contributed by atoms with Crippen LogP contribution < -0.4 is 0 Å². The van der Waals surface area contributed by atoms with Crippen molar-refractivity contribution in [3.63, 3.8) is 0 Å². The summed E-state index contributed by atoms with van der Waals surface area (Å²) in [7, 11) is 1.98. The molecule has 0 fully saturated rings. The van der Waals surface area contributed by atoms with Crippen molar-refractivity contribution in [2.24, 2.45) is 17.0 Å². The molecule has 0 bridgehead atoms. The van der Waals surface area contributed by atoms with Crippen LogP contribution in [0.2, 0.25) is 0 Å². The number of hydrogen-bond acceptors (Lipinski definition) is 3. The Balaban J connectivity index is 0.000000167. The molecule has 0 saturated carbocycles. The Morgan fingerprint density at radius 2 is 1.67 bits per heavy atom. The second-order valence-electron chi connectivity index (χ2n) is 4.93. The van der Waals surface area contributed by atoms with Crippen LogP contribution in [0.3, 0.4) is 0 Å². The zero-order valence-electron chi connectivity index (χ0n) is 13.1. The van der Waals surface area contributed by atoms with E-state index in [0.29, 0.717) is 0 Å². The van der Waals surface area contributed by atoms with Gasteiger partial charge in [0.2, 0.25) is 0 Å². The third-order valence-electron chi connectivity index (χ3n) is 3.30. The number of aliphatic imine (C=N–C) groups is 2. The summed E-state index contributed by atoms with van der Waals surface area (Å²) >= 11 is 0. The van der Waals surface area contributed by atoms with Crippen LogP contribution in [-0.4, -0.2) is 22.0 Å². The molecule has 2 heterocycles. The Kier molecular flexibility index (Phi) is 6.79. The standard InChI is InChI=1S/C10H9N2.C9H7N2.Ir/c1-12-8-7-11-10(12)9-5-3-2-4-6-9;1-2-4-8(5-3-1)9-10-6-7-11-9;/h2-5,7-8H,1H3;1-4,6-7,9H;/q2*-1;. The first-order chi connectivity index (χ1) is 11.3. The molecule has 0 amide bonds. The molecule has 5 heteroatoms. The van der Waals surface area contributed by atoms with Gasteiger partial charge < -0.3 is 4.57 Å². The Labute approximate surface area is 155 Å². The number of imidazole rings is 1. The average molecular weight is 493 g/mol. The molecule has 0 aliphatic carbocycles. The fourth-order valence-corrected chi connectivity index (χ4v) is 2.16. The van der Waals surface area contributed by atoms with Crippen LogP contribution >= 0.6 is 0 Å². The Morgan fingerprint density at radius 3 is 2.21 bits per heavy atom. The molecule has 1 aromatic heterocycles. The van der Waals surface area contributed by atoms with E-state index in [4.69, 9.17) is 0 Å². The summed E-state index contributed by atoms with van der Waals surface area (Å²) in [4.78, 5) is 12.5. The molecular formula is C19H16IrN4-2. The molecule has 0 N–H and O–H groups in total. The summed E-state index contributed by atoms with van der Waals surface area (Å²) in [5.41, 5.74) is 2.06. The van der Waals surface area contributed by atoms with Gasteiger partial charge in [-0.25, -0.2) is 0 Å². The SMILES string of the molecule is Cn1ccnc1-c1[c-]cccc1.[Ir].[c-]1ccccc1C1N=CC=N1. The van der Waals surface area contributed by atoms with Gasteiger partial charge >= 0.3 is 0 Å². The van der Waals surface area contributed by atoms with Crippen LogP contribution in [0, 0.1) is 12.1 Å². The van der Waals surface area contributed by atoms with Crippen LogP contribution in [0.4, 0.5) is 0 Å². The zero-order valence-corrected chi connectivity index (χ0v) is 15.5. The van der Waals surface area contributed by atoms with Gasteiger partial charge in [-0.15, -0.1) is 41.5 Å². The quantitative estimate of drug-likeness (QED) is 0.505. The van der Waals surface area contributed by atoms with Gasteiger partial charge in [-0.1, -0.05) is 0 Å².